The number of aromatic amines is 1. The van der Waals surface area contributed by atoms with Crippen LogP contribution in [0.4, 0.5) is 0 Å². The van der Waals surface area contributed by atoms with E-state index in [2.05, 4.69) is 16.1 Å². The van der Waals surface area contributed by atoms with Crippen molar-refractivity contribution in [2.24, 2.45) is 0 Å². The average molecular weight is 418 g/mol. The zero-order valence-electron chi connectivity index (χ0n) is 15.3. The number of hydrogen-bond acceptors (Lipinski definition) is 3. The molecule has 0 amide bonds. The summed E-state index contributed by atoms with van der Waals surface area (Å²) in [5, 5.41) is 4.67. The first-order valence-electron chi connectivity index (χ1n) is 9.24. The Kier molecular flexibility index (Phi) is 5.76. The van der Waals surface area contributed by atoms with Crippen molar-refractivity contribution in [1.29, 1.82) is 0 Å². The Balaban J connectivity index is 1.38. The van der Waals surface area contributed by atoms with Crippen LogP contribution in [0.1, 0.15) is 16.8 Å². The number of H-pyrrole nitrogens is 1. The first kappa shape index (κ1) is 19.1. The zero-order valence-corrected chi connectivity index (χ0v) is 16.8. The smallest absolute Gasteiger partial charge is 0.270 e. The second-order valence-corrected chi connectivity index (χ2v) is 7.79. The lowest BCUT2D eigenvalue weighted by molar-refractivity contribution is 0.241. The molecule has 0 saturated carbocycles. The van der Waals surface area contributed by atoms with E-state index in [1.165, 1.54) is 5.56 Å². The Labute approximate surface area is 173 Å². The molecule has 146 valence electrons. The number of ether oxygens (including phenoxy) is 1. The minimum Gasteiger partial charge on any atom is -0.492 e. The normalized spacial score (nSPS) is 14.1. The van der Waals surface area contributed by atoms with Crippen molar-refractivity contribution in [3.05, 3.63) is 85.8 Å². The second-order valence-electron chi connectivity index (χ2n) is 6.92. The summed E-state index contributed by atoms with van der Waals surface area (Å²) in [7, 11) is 0. The molecule has 0 fully saturated rings. The van der Waals surface area contributed by atoms with Gasteiger partial charge in [0.1, 0.15) is 12.4 Å². The average Bonchev–Trinajstić information content (AvgIpc) is 2.99. The molecule has 0 spiro atoms. The van der Waals surface area contributed by atoms with Gasteiger partial charge in [-0.05, 0) is 48.4 Å². The van der Waals surface area contributed by atoms with Gasteiger partial charge in [0.15, 0.2) is 0 Å². The predicted molar refractivity (Wildman–Crippen MR) is 111 cm³/mol. The largest absolute Gasteiger partial charge is 0.492 e. The summed E-state index contributed by atoms with van der Waals surface area (Å²) in [5.74, 6) is 0.737. The van der Waals surface area contributed by atoms with Crippen LogP contribution in [0.5, 0.6) is 5.75 Å². The standard InChI is InChI=1S/C21H21Cl2N3O2/c22-16-4-6-18(7-5-16)28-11-10-26-21(27)19-8-9-25(14-20(19)24-26)13-15-2-1-3-17(23)12-15/h1-7,12,24H,8-11,13-14H2. The van der Waals surface area contributed by atoms with Crippen molar-refractivity contribution < 1.29 is 4.74 Å². The number of halogens is 2. The Hall–Kier alpha value is -2.21. The number of nitrogens with zero attached hydrogens (tertiary/aromatic N) is 2. The van der Waals surface area contributed by atoms with Gasteiger partial charge >= 0.3 is 0 Å². The van der Waals surface area contributed by atoms with Crippen molar-refractivity contribution in [2.75, 3.05) is 13.2 Å². The maximum absolute atomic E-state index is 12.6. The fourth-order valence-corrected chi connectivity index (χ4v) is 3.84. The van der Waals surface area contributed by atoms with E-state index >= 15 is 0 Å². The molecule has 1 N–H and O–H groups in total. The molecule has 0 aliphatic carbocycles. The van der Waals surface area contributed by atoms with Gasteiger partial charge in [-0.2, -0.15) is 0 Å². The molecule has 0 bridgehead atoms. The third kappa shape index (κ3) is 4.43. The fraction of sp³-hybridized carbons (Fsp3) is 0.286. The number of nitrogens with one attached hydrogen (secondary N) is 1. The quantitative estimate of drug-likeness (QED) is 0.655. The highest BCUT2D eigenvalue weighted by Gasteiger charge is 2.22. The molecule has 1 aliphatic heterocycles. The monoisotopic (exact) mass is 417 g/mol. The van der Waals surface area contributed by atoms with E-state index < -0.39 is 0 Å². The van der Waals surface area contributed by atoms with Crippen LogP contribution in [0, 0.1) is 0 Å². The van der Waals surface area contributed by atoms with E-state index in [1.807, 2.05) is 30.3 Å². The zero-order chi connectivity index (χ0) is 19.5. The number of hydrogen-bond donors (Lipinski definition) is 1. The van der Waals surface area contributed by atoms with Crippen LogP contribution in [0.25, 0.3) is 0 Å². The van der Waals surface area contributed by atoms with Gasteiger partial charge in [-0.1, -0.05) is 35.3 Å². The van der Waals surface area contributed by atoms with Crippen molar-refractivity contribution in [3.63, 3.8) is 0 Å². The minimum absolute atomic E-state index is 0.0529. The molecule has 0 atom stereocenters. The highest BCUT2D eigenvalue weighted by Crippen LogP contribution is 2.19. The van der Waals surface area contributed by atoms with Gasteiger partial charge in [-0.25, -0.2) is 4.68 Å². The summed E-state index contributed by atoms with van der Waals surface area (Å²) in [6, 6.07) is 15.1. The molecule has 0 saturated heterocycles. The molecule has 4 rings (SSSR count). The lowest BCUT2D eigenvalue weighted by Crippen LogP contribution is -2.31. The Morgan fingerprint density at radius 1 is 1.07 bits per heavy atom. The summed E-state index contributed by atoms with van der Waals surface area (Å²) in [6.45, 7) is 3.28. The lowest BCUT2D eigenvalue weighted by Gasteiger charge is -2.26. The van der Waals surface area contributed by atoms with Gasteiger partial charge < -0.3 is 4.74 Å². The first-order chi connectivity index (χ1) is 13.6. The maximum atomic E-state index is 12.6. The maximum Gasteiger partial charge on any atom is 0.270 e. The van der Waals surface area contributed by atoms with Crippen LogP contribution in [-0.4, -0.2) is 27.8 Å². The van der Waals surface area contributed by atoms with Crippen LogP contribution in [0.15, 0.2) is 53.3 Å². The molecule has 0 unspecified atom stereocenters. The van der Waals surface area contributed by atoms with Gasteiger partial charge in [-0.3, -0.25) is 14.8 Å². The van der Waals surface area contributed by atoms with E-state index in [0.29, 0.717) is 18.2 Å². The molecule has 5 nitrogen and oxygen atoms in total. The van der Waals surface area contributed by atoms with E-state index in [-0.39, 0.29) is 5.56 Å². The Morgan fingerprint density at radius 3 is 2.68 bits per heavy atom. The van der Waals surface area contributed by atoms with E-state index in [9.17, 15) is 4.79 Å². The molecule has 0 radical (unpaired) electrons. The van der Waals surface area contributed by atoms with Crippen LogP contribution < -0.4 is 10.3 Å². The third-order valence-electron chi connectivity index (χ3n) is 4.89. The van der Waals surface area contributed by atoms with E-state index in [1.54, 1.807) is 16.8 Å². The summed E-state index contributed by atoms with van der Waals surface area (Å²) < 4.78 is 7.34. The SMILES string of the molecule is O=c1c2c([nH]n1CCOc1ccc(Cl)cc1)CN(Cc1cccc(Cl)c1)CC2. The minimum atomic E-state index is 0.0529. The summed E-state index contributed by atoms with van der Waals surface area (Å²) in [4.78, 5) is 15.0. The van der Waals surface area contributed by atoms with Crippen LogP contribution >= 0.6 is 23.2 Å². The number of fused-ring (bicyclic) bond motifs is 1. The van der Waals surface area contributed by atoms with E-state index in [4.69, 9.17) is 27.9 Å². The summed E-state index contributed by atoms with van der Waals surface area (Å²) in [5.41, 5.74) is 3.10. The highest BCUT2D eigenvalue weighted by atomic mass is 35.5. The molecule has 7 heteroatoms. The van der Waals surface area contributed by atoms with Crippen LogP contribution in [0.2, 0.25) is 10.0 Å². The van der Waals surface area contributed by atoms with Crippen molar-refractivity contribution in [2.45, 2.75) is 26.1 Å². The predicted octanol–water partition coefficient (Wildman–Crippen LogP) is 4.12. The van der Waals surface area contributed by atoms with Gasteiger partial charge in [0.05, 0.1) is 12.2 Å². The molecule has 2 aromatic carbocycles. The number of benzene rings is 2. The van der Waals surface area contributed by atoms with Crippen LogP contribution in [-0.2, 0) is 26.1 Å². The molecule has 2 heterocycles. The first-order valence-corrected chi connectivity index (χ1v) is 10.00. The molecule has 1 aromatic heterocycles. The highest BCUT2D eigenvalue weighted by molar-refractivity contribution is 6.30. The van der Waals surface area contributed by atoms with Crippen molar-refractivity contribution >= 4 is 23.2 Å². The molecular weight excluding hydrogens is 397 g/mol. The second kappa shape index (κ2) is 8.43. The van der Waals surface area contributed by atoms with E-state index in [0.717, 1.165) is 48.1 Å². The van der Waals surface area contributed by atoms with Gasteiger partial charge in [0, 0.05) is 35.2 Å². The summed E-state index contributed by atoms with van der Waals surface area (Å²) in [6.07, 6.45) is 0.746. The molecule has 28 heavy (non-hydrogen) atoms. The lowest BCUT2D eigenvalue weighted by atomic mass is 10.1. The van der Waals surface area contributed by atoms with Crippen molar-refractivity contribution in [1.82, 2.24) is 14.7 Å². The van der Waals surface area contributed by atoms with Gasteiger partial charge in [-0.15, -0.1) is 0 Å². The van der Waals surface area contributed by atoms with Gasteiger partial charge in [0.2, 0.25) is 0 Å². The molecule has 3 aromatic rings. The van der Waals surface area contributed by atoms with Crippen molar-refractivity contribution in [3.8, 4) is 5.75 Å². The fourth-order valence-electron chi connectivity index (χ4n) is 3.51. The Morgan fingerprint density at radius 2 is 1.89 bits per heavy atom. The Bertz CT molecular complexity index is 1010. The van der Waals surface area contributed by atoms with Gasteiger partial charge in [0.25, 0.3) is 5.56 Å². The summed E-state index contributed by atoms with van der Waals surface area (Å²) >= 11 is 12.0. The number of rotatable bonds is 6. The molecule has 1 aliphatic rings. The number of aromatic nitrogens is 2. The topological polar surface area (TPSA) is 50.3 Å². The molecular formula is C21H21Cl2N3O2. The van der Waals surface area contributed by atoms with Crippen LogP contribution in [0.3, 0.4) is 0 Å². The third-order valence-corrected chi connectivity index (χ3v) is 5.38.